The molecule has 2 fully saturated rings. The van der Waals surface area contributed by atoms with E-state index in [9.17, 15) is 0 Å². The van der Waals surface area contributed by atoms with Gasteiger partial charge < -0.3 is 10.1 Å². The SMILES string of the molecule is CC(C)CC1OCC2(CCCC2)NC1C(C)C. The average molecular weight is 239 g/mol. The quantitative estimate of drug-likeness (QED) is 0.815. The molecule has 1 aliphatic heterocycles. The van der Waals surface area contributed by atoms with Crippen LogP contribution in [0.3, 0.4) is 0 Å². The van der Waals surface area contributed by atoms with Gasteiger partial charge in [-0.2, -0.15) is 0 Å². The zero-order valence-electron chi connectivity index (χ0n) is 12.0. The van der Waals surface area contributed by atoms with Gasteiger partial charge in [0.25, 0.3) is 0 Å². The highest BCUT2D eigenvalue weighted by atomic mass is 16.5. The molecule has 0 aromatic rings. The van der Waals surface area contributed by atoms with Gasteiger partial charge >= 0.3 is 0 Å². The monoisotopic (exact) mass is 239 g/mol. The lowest BCUT2D eigenvalue weighted by molar-refractivity contribution is -0.0795. The van der Waals surface area contributed by atoms with E-state index in [0.29, 0.717) is 23.6 Å². The van der Waals surface area contributed by atoms with E-state index in [2.05, 4.69) is 33.0 Å². The van der Waals surface area contributed by atoms with E-state index in [1.165, 1.54) is 32.1 Å². The molecule has 1 saturated carbocycles. The van der Waals surface area contributed by atoms with Gasteiger partial charge in [0.1, 0.15) is 0 Å². The van der Waals surface area contributed by atoms with E-state index in [4.69, 9.17) is 4.74 Å². The molecule has 0 aromatic carbocycles. The van der Waals surface area contributed by atoms with Crippen molar-refractivity contribution in [1.82, 2.24) is 5.32 Å². The first kappa shape index (κ1) is 13.4. The number of nitrogens with one attached hydrogen (secondary N) is 1. The second-order valence-corrected chi connectivity index (χ2v) is 6.88. The molecule has 1 spiro atoms. The van der Waals surface area contributed by atoms with Gasteiger partial charge in [0.2, 0.25) is 0 Å². The topological polar surface area (TPSA) is 21.3 Å². The molecule has 0 bridgehead atoms. The van der Waals surface area contributed by atoms with E-state index in [0.717, 1.165) is 12.5 Å². The Kier molecular flexibility index (Phi) is 4.14. The van der Waals surface area contributed by atoms with Crippen LogP contribution < -0.4 is 5.32 Å². The number of rotatable bonds is 3. The first-order valence-electron chi connectivity index (χ1n) is 7.42. The molecule has 2 heteroatoms. The Labute approximate surface area is 107 Å². The van der Waals surface area contributed by atoms with Gasteiger partial charge in [0, 0.05) is 11.6 Å². The smallest absolute Gasteiger partial charge is 0.0734 e. The summed E-state index contributed by atoms with van der Waals surface area (Å²) in [7, 11) is 0. The Bertz CT molecular complexity index is 243. The summed E-state index contributed by atoms with van der Waals surface area (Å²) in [6.07, 6.45) is 6.97. The molecule has 17 heavy (non-hydrogen) atoms. The Morgan fingerprint density at radius 3 is 2.35 bits per heavy atom. The molecule has 100 valence electrons. The molecule has 0 amide bonds. The molecule has 0 radical (unpaired) electrons. The minimum atomic E-state index is 0.322. The molecule has 2 atom stereocenters. The van der Waals surface area contributed by atoms with Crippen LogP contribution in [0.15, 0.2) is 0 Å². The summed E-state index contributed by atoms with van der Waals surface area (Å²) in [6.45, 7) is 10.2. The van der Waals surface area contributed by atoms with E-state index < -0.39 is 0 Å². The third kappa shape index (κ3) is 3.03. The van der Waals surface area contributed by atoms with Gasteiger partial charge in [-0.3, -0.25) is 0 Å². The fourth-order valence-electron chi connectivity index (χ4n) is 3.47. The summed E-state index contributed by atoms with van der Waals surface area (Å²) >= 11 is 0. The predicted molar refractivity (Wildman–Crippen MR) is 72.2 cm³/mol. The van der Waals surface area contributed by atoms with Crippen molar-refractivity contribution in [2.75, 3.05) is 6.61 Å². The first-order valence-corrected chi connectivity index (χ1v) is 7.42. The molecule has 2 aliphatic rings. The average Bonchev–Trinajstić information content (AvgIpc) is 2.69. The highest BCUT2D eigenvalue weighted by Crippen LogP contribution is 2.36. The highest BCUT2D eigenvalue weighted by molar-refractivity contribution is 5.00. The summed E-state index contributed by atoms with van der Waals surface area (Å²) in [5.41, 5.74) is 0.322. The maximum Gasteiger partial charge on any atom is 0.0734 e. The van der Waals surface area contributed by atoms with E-state index in [-0.39, 0.29) is 0 Å². The van der Waals surface area contributed by atoms with Crippen molar-refractivity contribution in [3.63, 3.8) is 0 Å². The third-order valence-electron chi connectivity index (χ3n) is 4.43. The Hall–Kier alpha value is -0.0800. The van der Waals surface area contributed by atoms with Crippen LogP contribution in [0.5, 0.6) is 0 Å². The fraction of sp³-hybridized carbons (Fsp3) is 1.00. The predicted octanol–water partition coefficient (Wildman–Crippen LogP) is 3.36. The van der Waals surface area contributed by atoms with Crippen molar-refractivity contribution in [2.45, 2.75) is 77.5 Å². The lowest BCUT2D eigenvalue weighted by Crippen LogP contribution is -2.63. The van der Waals surface area contributed by atoms with Crippen molar-refractivity contribution >= 4 is 0 Å². The maximum atomic E-state index is 6.24. The van der Waals surface area contributed by atoms with Gasteiger partial charge in [-0.1, -0.05) is 40.5 Å². The minimum Gasteiger partial charge on any atom is -0.375 e. The van der Waals surface area contributed by atoms with Crippen molar-refractivity contribution in [3.8, 4) is 0 Å². The van der Waals surface area contributed by atoms with Crippen LogP contribution in [-0.4, -0.2) is 24.3 Å². The summed E-state index contributed by atoms with van der Waals surface area (Å²) in [4.78, 5) is 0. The van der Waals surface area contributed by atoms with Crippen molar-refractivity contribution in [1.29, 1.82) is 0 Å². The van der Waals surface area contributed by atoms with Gasteiger partial charge in [0.15, 0.2) is 0 Å². The third-order valence-corrected chi connectivity index (χ3v) is 4.43. The summed E-state index contributed by atoms with van der Waals surface area (Å²) in [6, 6.07) is 0.546. The van der Waals surface area contributed by atoms with Crippen molar-refractivity contribution in [2.24, 2.45) is 11.8 Å². The Morgan fingerprint density at radius 2 is 1.82 bits per heavy atom. The summed E-state index contributed by atoms with van der Waals surface area (Å²) < 4.78 is 6.24. The largest absolute Gasteiger partial charge is 0.375 e. The lowest BCUT2D eigenvalue weighted by atomic mass is 9.86. The van der Waals surface area contributed by atoms with Crippen molar-refractivity contribution < 1.29 is 4.74 Å². The van der Waals surface area contributed by atoms with Crippen LogP contribution in [0, 0.1) is 11.8 Å². The molecule has 2 rings (SSSR count). The number of hydrogen-bond acceptors (Lipinski definition) is 2. The van der Waals surface area contributed by atoms with E-state index in [1.807, 2.05) is 0 Å². The summed E-state index contributed by atoms with van der Waals surface area (Å²) in [5.74, 6) is 1.39. The number of morpholine rings is 1. The molecular weight excluding hydrogens is 210 g/mol. The molecular formula is C15H29NO. The van der Waals surface area contributed by atoms with E-state index in [1.54, 1.807) is 0 Å². The van der Waals surface area contributed by atoms with Crippen molar-refractivity contribution in [3.05, 3.63) is 0 Å². The molecule has 2 unspecified atom stereocenters. The standard InChI is InChI=1S/C15H29NO/c1-11(2)9-13-14(12(3)4)16-15(10-17-13)7-5-6-8-15/h11-14,16H,5-10H2,1-4H3. The van der Waals surface area contributed by atoms with Gasteiger partial charge in [-0.15, -0.1) is 0 Å². The summed E-state index contributed by atoms with van der Waals surface area (Å²) in [5, 5.41) is 3.96. The zero-order valence-corrected chi connectivity index (χ0v) is 12.0. The van der Waals surface area contributed by atoms with E-state index >= 15 is 0 Å². The van der Waals surface area contributed by atoms with Crippen LogP contribution in [0.2, 0.25) is 0 Å². The molecule has 1 saturated heterocycles. The van der Waals surface area contributed by atoms with Crippen LogP contribution in [-0.2, 0) is 4.74 Å². The number of ether oxygens (including phenoxy) is 1. The molecule has 1 heterocycles. The fourth-order valence-corrected chi connectivity index (χ4v) is 3.47. The molecule has 1 aliphatic carbocycles. The van der Waals surface area contributed by atoms with Gasteiger partial charge in [0.05, 0.1) is 12.7 Å². The van der Waals surface area contributed by atoms with Crippen LogP contribution >= 0.6 is 0 Å². The first-order chi connectivity index (χ1) is 8.02. The second-order valence-electron chi connectivity index (χ2n) is 6.88. The van der Waals surface area contributed by atoms with Crippen LogP contribution in [0.1, 0.15) is 59.8 Å². The molecule has 0 aromatic heterocycles. The van der Waals surface area contributed by atoms with Crippen LogP contribution in [0.4, 0.5) is 0 Å². The van der Waals surface area contributed by atoms with Gasteiger partial charge in [-0.25, -0.2) is 0 Å². The zero-order chi connectivity index (χ0) is 12.5. The minimum absolute atomic E-state index is 0.322. The Morgan fingerprint density at radius 1 is 1.18 bits per heavy atom. The lowest BCUT2D eigenvalue weighted by Gasteiger charge is -2.46. The molecule has 2 nitrogen and oxygen atoms in total. The molecule has 1 N–H and O–H groups in total. The normalized spacial score (nSPS) is 32.8. The second kappa shape index (κ2) is 5.27. The maximum absolute atomic E-state index is 6.24. The van der Waals surface area contributed by atoms with Crippen LogP contribution in [0.25, 0.3) is 0 Å². The van der Waals surface area contributed by atoms with Gasteiger partial charge in [-0.05, 0) is 31.1 Å². The number of hydrogen-bond donors (Lipinski definition) is 1. The Balaban J connectivity index is 2.02. The highest BCUT2D eigenvalue weighted by Gasteiger charge is 2.43.